The molecule has 0 saturated heterocycles. The van der Waals surface area contributed by atoms with Crippen LogP contribution in [0.4, 0.5) is 5.69 Å². The van der Waals surface area contributed by atoms with Crippen LogP contribution in [0.3, 0.4) is 0 Å². The van der Waals surface area contributed by atoms with E-state index in [1.165, 1.54) is 19.1 Å². The summed E-state index contributed by atoms with van der Waals surface area (Å²) in [7, 11) is 0. The summed E-state index contributed by atoms with van der Waals surface area (Å²) in [5, 5.41) is 10.5. The number of rotatable bonds is 3. The largest absolute Gasteiger partial charge is 0.293 e. The van der Waals surface area contributed by atoms with E-state index in [0.29, 0.717) is 5.69 Å². The summed E-state index contributed by atoms with van der Waals surface area (Å²) in [6.45, 7) is 1.45. The highest BCUT2D eigenvalue weighted by molar-refractivity contribution is 5.92. The molecule has 0 N–H and O–H groups in total. The monoisotopic (exact) mass is 242 g/mol. The Kier molecular flexibility index (Phi) is 3.14. The van der Waals surface area contributed by atoms with E-state index in [2.05, 4.69) is 4.98 Å². The first-order chi connectivity index (χ1) is 8.58. The summed E-state index contributed by atoms with van der Waals surface area (Å²) in [6.07, 6.45) is 1.58. The Morgan fingerprint density at radius 3 is 2.17 bits per heavy atom. The smallest absolute Gasteiger partial charge is 0.269 e. The molecule has 0 spiro atoms. The molecule has 90 valence electrons. The Bertz CT molecular complexity index is 533. The molecule has 0 atom stereocenters. The third kappa shape index (κ3) is 2.40. The zero-order chi connectivity index (χ0) is 13.1. The summed E-state index contributed by atoms with van der Waals surface area (Å²) in [6, 6.07) is 9.59. The molecule has 2 aromatic rings. The quantitative estimate of drug-likeness (QED) is 0.471. The number of pyridine rings is 1. The van der Waals surface area contributed by atoms with Crippen LogP contribution < -0.4 is 0 Å². The van der Waals surface area contributed by atoms with Crippen LogP contribution in [0, 0.1) is 10.1 Å². The molecule has 5 nitrogen and oxygen atoms in total. The number of Topliss-reactive ketones (excluding diaryl/α,β-unsaturated/α-hetero) is 1. The number of benzene rings is 1. The van der Waals surface area contributed by atoms with E-state index in [4.69, 9.17) is 0 Å². The van der Waals surface area contributed by atoms with Crippen molar-refractivity contribution in [3.8, 4) is 11.1 Å². The van der Waals surface area contributed by atoms with E-state index in [-0.39, 0.29) is 11.5 Å². The van der Waals surface area contributed by atoms with Gasteiger partial charge in [0.25, 0.3) is 5.69 Å². The van der Waals surface area contributed by atoms with E-state index < -0.39 is 4.92 Å². The minimum atomic E-state index is -0.444. The lowest BCUT2D eigenvalue weighted by Crippen LogP contribution is -1.95. The highest BCUT2D eigenvalue weighted by Crippen LogP contribution is 2.21. The SMILES string of the molecule is CC(=O)c1ccc(-c2ccc([N+](=O)[O-])cc2)cn1. The third-order valence-corrected chi connectivity index (χ3v) is 2.54. The van der Waals surface area contributed by atoms with E-state index >= 15 is 0 Å². The average molecular weight is 242 g/mol. The van der Waals surface area contributed by atoms with Crippen molar-refractivity contribution in [3.63, 3.8) is 0 Å². The van der Waals surface area contributed by atoms with E-state index in [1.54, 1.807) is 30.5 Å². The zero-order valence-corrected chi connectivity index (χ0v) is 9.66. The third-order valence-electron chi connectivity index (χ3n) is 2.54. The van der Waals surface area contributed by atoms with Gasteiger partial charge in [-0.2, -0.15) is 0 Å². The molecule has 0 saturated carbocycles. The van der Waals surface area contributed by atoms with Crippen LogP contribution >= 0.6 is 0 Å². The standard InChI is InChI=1S/C13H10N2O3/c1-9(16)13-7-4-11(8-14-13)10-2-5-12(6-3-10)15(17)18/h2-8H,1H3. The molecule has 0 fully saturated rings. The van der Waals surface area contributed by atoms with Crippen molar-refractivity contribution in [2.75, 3.05) is 0 Å². The second-order valence-electron chi connectivity index (χ2n) is 3.79. The van der Waals surface area contributed by atoms with Gasteiger partial charge in [-0.1, -0.05) is 6.07 Å². The molecule has 0 radical (unpaired) electrons. The van der Waals surface area contributed by atoms with Gasteiger partial charge in [-0.15, -0.1) is 0 Å². The molecule has 5 heteroatoms. The van der Waals surface area contributed by atoms with Crippen LogP contribution in [0.1, 0.15) is 17.4 Å². The fourth-order valence-corrected chi connectivity index (χ4v) is 1.55. The number of carbonyl (C=O) groups is 1. The maximum atomic E-state index is 11.1. The summed E-state index contributed by atoms with van der Waals surface area (Å²) in [4.78, 5) is 25.2. The van der Waals surface area contributed by atoms with Crippen LogP contribution in [0.25, 0.3) is 11.1 Å². The lowest BCUT2D eigenvalue weighted by Gasteiger charge is -2.01. The van der Waals surface area contributed by atoms with Gasteiger partial charge < -0.3 is 0 Å². The van der Waals surface area contributed by atoms with Crippen LogP contribution in [0.15, 0.2) is 42.6 Å². The van der Waals surface area contributed by atoms with Gasteiger partial charge in [0, 0.05) is 30.8 Å². The Morgan fingerprint density at radius 2 is 1.72 bits per heavy atom. The predicted octanol–water partition coefficient (Wildman–Crippen LogP) is 2.86. The van der Waals surface area contributed by atoms with E-state index in [9.17, 15) is 14.9 Å². The lowest BCUT2D eigenvalue weighted by atomic mass is 10.1. The lowest BCUT2D eigenvalue weighted by molar-refractivity contribution is -0.384. The van der Waals surface area contributed by atoms with Crippen LogP contribution in [-0.4, -0.2) is 15.7 Å². The van der Waals surface area contributed by atoms with Crippen LogP contribution in [0.2, 0.25) is 0 Å². The van der Waals surface area contributed by atoms with Crippen molar-refractivity contribution < 1.29 is 9.72 Å². The van der Waals surface area contributed by atoms with Gasteiger partial charge in [0.1, 0.15) is 5.69 Å². The molecule has 1 aromatic carbocycles. The van der Waals surface area contributed by atoms with Crippen LogP contribution in [0.5, 0.6) is 0 Å². The number of carbonyl (C=O) groups excluding carboxylic acids is 1. The molecule has 0 aliphatic rings. The number of nitro groups is 1. The number of nitro benzene ring substituents is 1. The molecular formula is C13H10N2O3. The second-order valence-corrected chi connectivity index (χ2v) is 3.79. The number of ketones is 1. The topological polar surface area (TPSA) is 73.1 Å². The zero-order valence-electron chi connectivity index (χ0n) is 9.66. The van der Waals surface area contributed by atoms with Crippen LogP contribution in [-0.2, 0) is 0 Å². The Hall–Kier alpha value is -2.56. The first kappa shape index (κ1) is 11.9. The number of hydrogen-bond acceptors (Lipinski definition) is 4. The first-order valence-corrected chi connectivity index (χ1v) is 5.30. The molecule has 0 amide bonds. The number of nitrogens with zero attached hydrogens (tertiary/aromatic N) is 2. The highest BCUT2D eigenvalue weighted by atomic mass is 16.6. The van der Waals surface area contributed by atoms with Gasteiger partial charge in [0.05, 0.1) is 4.92 Å². The summed E-state index contributed by atoms with van der Waals surface area (Å²) < 4.78 is 0. The maximum Gasteiger partial charge on any atom is 0.269 e. The summed E-state index contributed by atoms with van der Waals surface area (Å²) in [5.41, 5.74) is 2.09. The van der Waals surface area contributed by atoms with E-state index in [0.717, 1.165) is 11.1 Å². The fraction of sp³-hybridized carbons (Fsp3) is 0.0769. The van der Waals surface area contributed by atoms with Gasteiger partial charge in [0.2, 0.25) is 0 Å². The molecule has 1 heterocycles. The van der Waals surface area contributed by atoms with Gasteiger partial charge in [-0.25, -0.2) is 0 Å². The minimum absolute atomic E-state index is 0.0482. The Labute approximate surface area is 103 Å². The Morgan fingerprint density at radius 1 is 1.11 bits per heavy atom. The second kappa shape index (κ2) is 4.75. The van der Waals surface area contributed by atoms with Crippen molar-refractivity contribution in [2.24, 2.45) is 0 Å². The number of non-ortho nitro benzene ring substituents is 1. The molecular weight excluding hydrogens is 232 g/mol. The molecule has 0 aliphatic carbocycles. The average Bonchev–Trinajstić information content (AvgIpc) is 2.39. The first-order valence-electron chi connectivity index (χ1n) is 5.30. The van der Waals surface area contributed by atoms with Crippen molar-refractivity contribution in [1.82, 2.24) is 4.98 Å². The predicted molar refractivity (Wildman–Crippen MR) is 66.3 cm³/mol. The molecule has 0 unspecified atom stereocenters. The van der Waals surface area contributed by atoms with E-state index in [1.807, 2.05) is 0 Å². The molecule has 1 aromatic heterocycles. The molecule has 0 bridgehead atoms. The summed E-state index contributed by atoms with van der Waals surface area (Å²) in [5.74, 6) is -0.0924. The minimum Gasteiger partial charge on any atom is -0.293 e. The molecule has 0 aliphatic heterocycles. The van der Waals surface area contributed by atoms with Crippen molar-refractivity contribution in [2.45, 2.75) is 6.92 Å². The van der Waals surface area contributed by atoms with Crippen molar-refractivity contribution in [1.29, 1.82) is 0 Å². The normalized spacial score (nSPS) is 10.1. The van der Waals surface area contributed by atoms with Crippen molar-refractivity contribution >= 4 is 11.5 Å². The summed E-state index contributed by atoms with van der Waals surface area (Å²) >= 11 is 0. The highest BCUT2D eigenvalue weighted by Gasteiger charge is 2.06. The number of aromatic nitrogens is 1. The van der Waals surface area contributed by atoms with Gasteiger partial charge in [-0.3, -0.25) is 19.9 Å². The number of hydrogen-bond donors (Lipinski definition) is 0. The maximum absolute atomic E-state index is 11.1. The molecule has 18 heavy (non-hydrogen) atoms. The van der Waals surface area contributed by atoms with Gasteiger partial charge >= 0.3 is 0 Å². The van der Waals surface area contributed by atoms with Gasteiger partial charge in [0.15, 0.2) is 5.78 Å². The molecule has 2 rings (SSSR count). The Balaban J connectivity index is 2.31. The van der Waals surface area contributed by atoms with Crippen molar-refractivity contribution in [3.05, 3.63) is 58.4 Å². The van der Waals surface area contributed by atoms with Gasteiger partial charge in [-0.05, 0) is 23.8 Å². The fourth-order valence-electron chi connectivity index (χ4n) is 1.55.